The van der Waals surface area contributed by atoms with Crippen LogP contribution in [0.4, 0.5) is 11.4 Å². The van der Waals surface area contributed by atoms with Gasteiger partial charge in [-0.05, 0) is 63.2 Å². The van der Waals surface area contributed by atoms with Crippen molar-refractivity contribution in [2.45, 2.75) is 38.6 Å². The average molecular weight is 322 g/mol. The number of fused-ring (bicyclic) bond motifs is 1. The van der Waals surface area contributed by atoms with E-state index in [2.05, 4.69) is 40.2 Å². The third-order valence-corrected chi connectivity index (χ3v) is 5.32. The molecular weight excluding hydrogens is 294 g/mol. The quantitative estimate of drug-likeness (QED) is 0.922. The van der Waals surface area contributed by atoms with Gasteiger partial charge < -0.3 is 15.1 Å². The first-order valence-electron chi connectivity index (χ1n) is 8.65. The fourth-order valence-electron chi connectivity index (χ4n) is 4.07. The normalized spacial score (nSPS) is 24.7. The van der Waals surface area contributed by atoms with Gasteiger partial charge in [0, 0.05) is 25.7 Å². The van der Waals surface area contributed by atoms with Crippen LogP contribution in [0.1, 0.15) is 31.2 Å². The van der Waals surface area contributed by atoms with E-state index in [9.17, 15) is 0 Å². The van der Waals surface area contributed by atoms with E-state index in [1.54, 1.807) is 0 Å². The lowest BCUT2D eigenvalue weighted by atomic mass is 9.97. The van der Waals surface area contributed by atoms with Gasteiger partial charge in [0.1, 0.15) is 0 Å². The molecule has 1 atom stereocenters. The first kappa shape index (κ1) is 15.9. The van der Waals surface area contributed by atoms with Crippen LogP contribution in [0.2, 0.25) is 0 Å². The molecule has 2 aliphatic heterocycles. The highest BCUT2D eigenvalue weighted by atomic mass is 35.5. The first-order chi connectivity index (χ1) is 10.3. The molecule has 0 amide bonds. The Morgan fingerprint density at radius 1 is 1.18 bits per heavy atom. The van der Waals surface area contributed by atoms with Crippen LogP contribution in [0.15, 0.2) is 18.2 Å². The Bertz CT molecular complexity index is 509. The molecule has 0 aromatic heterocycles. The van der Waals surface area contributed by atoms with E-state index in [0.29, 0.717) is 0 Å². The number of nitrogens with zero attached hydrogens (tertiary/aromatic N) is 2. The second kappa shape index (κ2) is 6.67. The predicted octanol–water partition coefficient (Wildman–Crippen LogP) is 3.21. The second-order valence-corrected chi connectivity index (χ2v) is 7.03. The van der Waals surface area contributed by atoms with Gasteiger partial charge >= 0.3 is 0 Å². The van der Waals surface area contributed by atoms with E-state index in [1.807, 2.05) is 0 Å². The van der Waals surface area contributed by atoms with Crippen LogP contribution >= 0.6 is 12.4 Å². The van der Waals surface area contributed by atoms with E-state index >= 15 is 0 Å². The number of rotatable bonds is 3. The van der Waals surface area contributed by atoms with Crippen molar-refractivity contribution in [1.29, 1.82) is 0 Å². The Kier molecular flexibility index (Phi) is 4.84. The molecule has 1 aromatic carbocycles. The molecule has 4 heteroatoms. The van der Waals surface area contributed by atoms with Crippen LogP contribution in [0, 0.1) is 12.8 Å². The fraction of sp³-hybridized carbons (Fsp3) is 0.667. The Hall–Kier alpha value is -0.930. The fourth-order valence-corrected chi connectivity index (χ4v) is 4.07. The van der Waals surface area contributed by atoms with Crippen LogP contribution < -0.4 is 15.1 Å². The number of nitrogens with one attached hydrogen (secondary N) is 1. The summed E-state index contributed by atoms with van der Waals surface area (Å²) < 4.78 is 0. The molecule has 0 radical (unpaired) electrons. The van der Waals surface area contributed by atoms with Crippen molar-refractivity contribution in [2.24, 2.45) is 5.92 Å². The number of anilines is 2. The summed E-state index contributed by atoms with van der Waals surface area (Å²) in [6, 6.07) is 7.67. The Morgan fingerprint density at radius 2 is 2.05 bits per heavy atom. The summed E-state index contributed by atoms with van der Waals surface area (Å²) in [6.45, 7) is 8.32. The lowest BCUT2D eigenvalue weighted by molar-refractivity contribution is 0.376. The van der Waals surface area contributed by atoms with E-state index in [-0.39, 0.29) is 12.4 Å². The smallest absolute Gasteiger partial charge is 0.0636 e. The van der Waals surface area contributed by atoms with Crippen LogP contribution in [0.3, 0.4) is 0 Å². The summed E-state index contributed by atoms with van der Waals surface area (Å²) >= 11 is 0. The minimum Gasteiger partial charge on any atom is -0.368 e. The zero-order valence-electron chi connectivity index (χ0n) is 13.6. The molecule has 1 aliphatic carbocycles. The monoisotopic (exact) mass is 321 g/mol. The highest BCUT2D eigenvalue weighted by molar-refractivity contribution is 5.85. The van der Waals surface area contributed by atoms with Crippen molar-refractivity contribution in [3.8, 4) is 0 Å². The van der Waals surface area contributed by atoms with Gasteiger partial charge in [0.15, 0.2) is 0 Å². The molecule has 3 nitrogen and oxygen atoms in total. The standard InChI is InChI=1S/C18H27N3.ClH/c1-14-4-2-6-17-18(14)21(16-7-8-16)11-10-20(17)13-15-5-3-9-19-12-15;/h2,4,6,15-16,19H,3,5,7-13H2,1H3;1H. The van der Waals surface area contributed by atoms with Gasteiger partial charge in [0.25, 0.3) is 0 Å². The van der Waals surface area contributed by atoms with Gasteiger partial charge in [0.2, 0.25) is 0 Å². The lowest BCUT2D eigenvalue weighted by Crippen LogP contribution is -2.46. The van der Waals surface area contributed by atoms with E-state index in [1.165, 1.54) is 75.3 Å². The molecular formula is C18H28ClN3. The molecule has 2 fully saturated rings. The van der Waals surface area contributed by atoms with Crippen molar-refractivity contribution in [3.63, 3.8) is 0 Å². The van der Waals surface area contributed by atoms with Crippen LogP contribution in [-0.2, 0) is 0 Å². The van der Waals surface area contributed by atoms with Crippen molar-refractivity contribution in [2.75, 3.05) is 42.5 Å². The zero-order chi connectivity index (χ0) is 14.2. The maximum Gasteiger partial charge on any atom is 0.0636 e. The van der Waals surface area contributed by atoms with E-state index in [4.69, 9.17) is 0 Å². The molecule has 0 bridgehead atoms. The predicted molar refractivity (Wildman–Crippen MR) is 96.6 cm³/mol. The Labute approximate surface area is 140 Å². The summed E-state index contributed by atoms with van der Waals surface area (Å²) in [4.78, 5) is 5.33. The second-order valence-electron chi connectivity index (χ2n) is 7.03. The van der Waals surface area contributed by atoms with Gasteiger partial charge in [-0.3, -0.25) is 0 Å². The van der Waals surface area contributed by atoms with Crippen molar-refractivity contribution in [1.82, 2.24) is 5.32 Å². The minimum atomic E-state index is 0. The lowest BCUT2D eigenvalue weighted by Gasteiger charge is -2.42. The maximum atomic E-state index is 3.56. The van der Waals surface area contributed by atoms with Crippen molar-refractivity contribution < 1.29 is 0 Å². The van der Waals surface area contributed by atoms with Crippen molar-refractivity contribution in [3.05, 3.63) is 23.8 Å². The molecule has 122 valence electrons. The molecule has 1 saturated carbocycles. The first-order valence-corrected chi connectivity index (χ1v) is 8.65. The number of para-hydroxylation sites is 1. The van der Waals surface area contributed by atoms with Gasteiger partial charge in [-0.25, -0.2) is 0 Å². The molecule has 1 saturated heterocycles. The van der Waals surface area contributed by atoms with E-state index < -0.39 is 0 Å². The average Bonchev–Trinajstić information content (AvgIpc) is 3.34. The van der Waals surface area contributed by atoms with Gasteiger partial charge in [-0.1, -0.05) is 12.1 Å². The SMILES string of the molecule is Cc1cccc2c1N(C1CC1)CCN2CC1CCCNC1.Cl. The molecule has 22 heavy (non-hydrogen) atoms. The van der Waals surface area contributed by atoms with E-state index in [0.717, 1.165) is 12.0 Å². The van der Waals surface area contributed by atoms with Gasteiger partial charge in [-0.15, -0.1) is 12.4 Å². The topological polar surface area (TPSA) is 18.5 Å². The van der Waals surface area contributed by atoms with Crippen LogP contribution in [-0.4, -0.2) is 38.8 Å². The summed E-state index contributed by atoms with van der Waals surface area (Å²) in [5.41, 5.74) is 4.46. The Morgan fingerprint density at radius 3 is 2.77 bits per heavy atom. The third kappa shape index (κ3) is 3.07. The maximum absolute atomic E-state index is 3.56. The summed E-state index contributed by atoms with van der Waals surface area (Å²) in [6.07, 6.45) is 5.50. The molecule has 3 aliphatic rings. The number of hydrogen-bond acceptors (Lipinski definition) is 3. The molecule has 1 unspecified atom stereocenters. The number of piperidine rings is 1. The van der Waals surface area contributed by atoms with Crippen LogP contribution in [0.5, 0.6) is 0 Å². The van der Waals surface area contributed by atoms with Gasteiger partial charge in [0.05, 0.1) is 11.4 Å². The largest absolute Gasteiger partial charge is 0.368 e. The molecule has 4 rings (SSSR count). The third-order valence-electron chi connectivity index (χ3n) is 5.32. The number of hydrogen-bond donors (Lipinski definition) is 1. The summed E-state index contributed by atoms with van der Waals surface area (Å²) in [7, 11) is 0. The molecule has 1 N–H and O–H groups in total. The Balaban J connectivity index is 0.00000144. The number of aryl methyl sites for hydroxylation is 1. The molecule has 2 heterocycles. The summed E-state index contributed by atoms with van der Waals surface area (Å²) in [5, 5.41) is 3.56. The van der Waals surface area contributed by atoms with Crippen LogP contribution in [0.25, 0.3) is 0 Å². The highest BCUT2D eigenvalue weighted by Crippen LogP contribution is 2.42. The minimum absolute atomic E-state index is 0. The van der Waals surface area contributed by atoms with Gasteiger partial charge in [-0.2, -0.15) is 0 Å². The number of halogens is 1. The molecule has 0 spiro atoms. The molecule has 1 aromatic rings. The summed E-state index contributed by atoms with van der Waals surface area (Å²) in [5.74, 6) is 0.819. The highest BCUT2D eigenvalue weighted by Gasteiger charge is 2.35. The number of benzene rings is 1. The van der Waals surface area contributed by atoms with Crippen molar-refractivity contribution >= 4 is 23.8 Å². The zero-order valence-corrected chi connectivity index (χ0v) is 14.4.